The van der Waals surface area contributed by atoms with E-state index in [9.17, 15) is 0 Å². The highest BCUT2D eigenvalue weighted by molar-refractivity contribution is 6.12. The Morgan fingerprint density at radius 2 is 0.636 bits per heavy atom. The van der Waals surface area contributed by atoms with Crippen LogP contribution in [-0.2, 0) is 6.42 Å². The van der Waals surface area contributed by atoms with Gasteiger partial charge in [-0.15, -0.1) is 0 Å². The molecule has 0 unspecified atom stereocenters. The second-order valence-electron chi connectivity index (χ2n) is 10.9. The first-order valence-electron chi connectivity index (χ1n) is 12.5. The molecule has 0 heterocycles. The number of hydrogen-bond acceptors (Lipinski definition) is 0. The van der Waals surface area contributed by atoms with Crippen LogP contribution in [0.5, 0.6) is 0 Å². The van der Waals surface area contributed by atoms with Crippen molar-refractivity contribution < 1.29 is 0 Å². The van der Waals surface area contributed by atoms with Gasteiger partial charge in [-0.05, 0) is 200 Å². The maximum Gasteiger partial charge on any atom is -0.000411 e. The highest BCUT2D eigenvalue weighted by atomic mass is 14.3. The first kappa shape index (κ1) is 22.2. The number of fused-ring (bicyclic) bond motifs is 7. The third-order valence-electron chi connectivity index (χ3n) is 9.84. The summed E-state index contributed by atoms with van der Waals surface area (Å²) >= 11 is 0. The maximum absolute atomic E-state index is 2.37. The third-order valence-corrected chi connectivity index (χ3v) is 9.84. The predicted molar refractivity (Wildman–Crippen MR) is 147 cm³/mol. The highest BCUT2D eigenvalue weighted by Crippen LogP contribution is 2.52. The Morgan fingerprint density at radius 1 is 0.273 bits per heavy atom. The van der Waals surface area contributed by atoms with E-state index in [2.05, 4.69) is 83.1 Å². The lowest BCUT2D eigenvalue weighted by Gasteiger charge is -2.23. The first-order chi connectivity index (χ1) is 15.4. The molecule has 0 spiro atoms. The van der Waals surface area contributed by atoms with Crippen molar-refractivity contribution in [2.24, 2.45) is 0 Å². The molecule has 0 aliphatic heterocycles. The lowest BCUT2D eigenvalue weighted by molar-refractivity contribution is 1.18. The monoisotopic (exact) mass is 434 g/mol. The van der Waals surface area contributed by atoms with Gasteiger partial charge >= 0.3 is 0 Å². The van der Waals surface area contributed by atoms with Crippen LogP contribution in [0.4, 0.5) is 0 Å². The van der Waals surface area contributed by atoms with Crippen molar-refractivity contribution in [2.45, 2.75) is 89.5 Å². The van der Waals surface area contributed by atoms with Gasteiger partial charge in [-0.2, -0.15) is 0 Å². The summed E-state index contributed by atoms with van der Waals surface area (Å²) in [7, 11) is 0. The minimum Gasteiger partial charge on any atom is -0.0444 e. The molecule has 5 rings (SSSR count). The van der Waals surface area contributed by atoms with E-state index in [1.807, 2.05) is 0 Å². The largest absolute Gasteiger partial charge is 0.0444 e. The van der Waals surface area contributed by atoms with Gasteiger partial charge in [0, 0.05) is 0 Å². The van der Waals surface area contributed by atoms with Crippen molar-refractivity contribution in [2.75, 3.05) is 0 Å². The lowest BCUT2D eigenvalue weighted by Crippen LogP contribution is -2.02. The summed E-state index contributed by atoms with van der Waals surface area (Å²) in [6, 6.07) is 0. The van der Waals surface area contributed by atoms with Gasteiger partial charge in [-0.3, -0.25) is 0 Å². The van der Waals surface area contributed by atoms with E-state index >= 15 is 0 Å². The SMILES string of the molecule is Cc1c(C)c(C)c2c3c(c(C)c(C)c2c1C)-c1c(c(C)c(C)c2c(C)c(C)c(C)c(C)c12)C3. The van der Waals surface area contributed by atoms with E-state index in [1.165, 1.54) is 99.4 Å². The summed E-state index contributed by atoms with van der Waals surface area (Å²) in [6.45, 7) is 28.0. The summed E-state index contributed by atoms with van der Waals surface area (Å²) in [4.78, 5) is 0. The molecule has 0 heteroatoms. The molecule has 0 aromatic heterocycles. The van der Waals surface area contributed by atoms with E-state index in [0.29, 0.717) is 0 Å². The molecular weight excluding hydrogens is 396 g/mol. The molecule has 0 bridgehead atoms. The minimum absolute atomic E-state index is 1.05. The van der Waals surface area contributed by atoms with Gasteiger partial charge in [-0.1, -0.05) is 0 Å². The summed E-state index contributed by atoms with van der Waals surface area (Å²) in [5, 5.41) is 6.02. The molecule has 4 aromatic rings. The Labute approximate surface area is 200 Å². The van der Waals surface area contributed by atoms with E-state index < -0.39 is 0 Å². The van der Waals surface area contributed by atoms with Gasteiger partial charge in [0.25, 0.3) is 0 Å². The zero-order valence-electron chi connectivity index (χ0n) is 22.7. The fourth-order valence-electron chi connectivity index (χ4n) is 6.92. The van der Waals surface area contributed by atoms with Crippen LogP contribution >= 0.6 is 0 Å². The number of benzene rings is 4. The molecule has 1 aliphatic rings. The molecule has 0 saturated heterocycles. The summed E-state index contributed by atoms with van der Waals surface area (Å²) < 4.78 is 0. The lowest BCUT2D eigenvalue weighted by atomic mass is 9.80. The van der Waals surface area contributed by atoms with Gasteiger partial charge in [0.05, 0.1) is 0 Å². The Hall–Kier alpha value is -2.60. The van der Waals surface area contributed by atoms with Crippen LogP contribution in [-0.4, -0.2) is 0 Å². The molecule has 1 aliphatic carbocycles. The van der Waals surface area contributed by atoms with Gasteiger partial charge in [0.1, 0.15) is 0 Å². The Kier molecular flexibility index (Phi) is 4.68. The van der Waals surface area contributed by atoms with Crippen molar-refractivity contribution in [3.8, 4) is 11.1 Å². The third kappa shape index (κ3) is 2.53. The molecule has 0 saturated carbocycles. The Bertz CT molecular complexity index is 1570. The average molecular weight is 435 g/mol. The van der Waals surface area contributed by atoms with Crippen molar-refractivity contribution in [1.82, 2.24) is 0 Å². The van der Waals surface area contributed by atoms with Crippen molar-refractivity contribution in [3.63, 3.8) is 0 Å². The zero-order chi connectivity index (χ0) is 24.3. The Balaban J connectivity index is 2.11. The van der Waals surface area contributed by atoms with Gasteiger partial charge in [-0.25, -0.2) is 0 Å². The zero-order valence-corrected chi connectivity index (χ0v) is 22.7. The van der Waals surface area contributed by atoms with Gasteiger partial charge in [0.2, 0.25) is 0 Å². The molecule has 0 amide bonds. The fraction of sp³-hybridized carbons (Fsp3) is 0.394. The average Bonchev–Trinajstić information content (AvgIpc) is 3.18. The first-order valence-corrected chi connectivity index (χ1v) is 12.5. The van der Waals surface area contributed by atoms with Crippen LogP contribution in [0.25, 0.3) is 32.7 Å². The fourth-order valence-corrected chi connectivity index (χ4v) is 6.92. The molecule has 0 radical (unpaired) electrons. The van der Waals surface area contributed by atoms with Crippen LogP contribution in [0.3, 0.4) is 0 Å². The highest BCUT2D eigenvalue weighted by Gasteiger charge is 2.31. The van der Waals surface area contributed by atoms with Crippen molar-refractivity contribution >= 4 is 21.5 Å². The quantitative estimate of drug-likeness (QED) is 0.228. The Morgan fingerprint density at radius 3 is 1.15 bits per heavy atom. The summed E-state index contributed by atoms with van der Waals surface area (Å²) in [5.74, 6) is 0. The van der Waals surface area contributed by atoms with E-state index in [0.717, 1.165) is 6.42 Å². The maximum atomic E-state index is 2.37. The molecule has 0 nitrogen and oxygen atoms in total. The molecule has 170 valence electrons. The molecule has 33 heavy (non-hydrogen) atoms. The van der Waals surface area contributed by atoms with Crippen molar-refractivity contribution in [3.05, 3.63) is 77.9 Å². The molecule has 0 fully saturated rings. The van der Waals surface area contributed by atoms with Crippen LogP contribution in [0, 0.1) is 83.1 Å². The molecule has 0 N–H and O–H groups in total. The number of aryl methyl sites for hydroxylation is 6. The summed E-state index contributed by atoms with van der Waals surface area (Å²) in [6.07, 6.45) is 1.05. The number of rotatable bonds is 0. The predicted octanol–water partition coefficient (Wildman–Crippen LogP) is 9.27. The van der Waals surface area contributed by atoms with Crippen LogP contribution < -0.4 is 0 Å². The van der Waals surface area contributed by atoms with E-state index in [4.69, 9.17) is 0 Å². The molecule has 4 aromatic carbocycles. The number of hydrogen-bond donors (Lipinski definition) is 0. The summed E-state index contributed by atoms with van der Waals surface area (Å²) in [5.41, 5.74) is 23.7. The van der Waals surface area contributed by atoms with Crippen LogP contribution in [0.2, 0.25) is 0 Å². The second kappa shape index (κ2) is 6.95. The van der Waals surface area contributed by atoms with Gasteiger partial charge < -0.3 is 0 Å². The normalized spacial score (nSPS) is 12.7. The topological polar surface area (TPSA) is 0 Å². The molecular formula is C33H38. The molecule has 0 atom stereocenters. The standard InChI is InChI=1S/C33H38/c1-14-16(3)21(8)30-27-13-26-18(5)23(10)29-20(7)15(2)17(4)22(9)32(29)33(26)31(27)25(12)24(11)28(30)19(14)6/h13H2,1-12H3. The van der Waals surface area contributed by atoms with Crippen LogP contribution in [0.1, 0.15) is 77.9 Å². The van der Waals surface area contributed by atoms with Crippen LogP contribution in [0.15, 0.2) is 0 Å². The smallest absolute Gasteiger partial charge is 0.000411 e. The van der Waals surface area contributed by atoms with Gasteiger partial charge in [0.15, 0.2) is 0 Å². The second-order valence-corrected chi connectivity index (χ2v) is 10.9. The van der Waals surface area contributed by atoms with E-state index in [1.54, 1.807) is 11.1 Å². The minimum atomic E-state index is 1.05. The van der Waals surface area contributed by atoms with Crippen molar-refractivity contribution in [1.29, 1.82) is 0 Å². The van der Waals surface area contributed by atoms with E-state index in [-0.39, 0.29) is 0 Å².